The Kier molecular flexibility index (Phi) is 3.09. The molecule has 0 aromatic carbocycles. The van der Waals surface area contributed by atoms with Crippen molar-refractivity contribution in [2.24, 2.45) is 5.92 Å². The van der Waals surface area contributed by atoms with E-state index in [1.54, 1.807) is 0 Å². The summed E-state index contributed by atoms with van der Waals surface area (Å²) in [5.74, 6) is 0.344. The third-order valence-electron chi connectivity index (χ3n) is 2.32. The fourth-order valence-electron chi connectivity index (χ4n) is 1.42. The smallest absolute Gasteiger partial charge is 0.302 e. The van der Waals surface area contributed by atoms with E-state index in [0.29, 0.717) is 18.6 Å². The second-order valence-electron chi connectivity index (χ2n) is 3.48. The topological polar surface area (TPSA) is 35.5 Å². The number of rotatable bonds is 2. The highest BCUT2D eigenvalue weighted by molar-refractivity contribution is 5.65. The van der Waals surface area contributed by atoms with Crippen molar-refractivity contribution < 1.29 is 14.3 Å². The van der Waals surface area contributed by atoms with Crippen molar-refractivity contribution >= 4 is 5.97 Å². The van der Waals surface area contributed by atoms with E-state index in [1.165, 1.54) is 6.92 Å². The average Bonchev–Trinajstić information content (AvgIpc) is 2.28. The van der Waals surface area contributed by atoms with Gasteiger partial charge in [0.25, 0.3) is 0 Å². The number of hydrogen-bond donors (Lipinski definition) is 0. The minimum absolute atomic E-state index is 0.110. The van der Waals surface area contributed by atoms with Crippen LogP contribution in [0, 0.1) is 5.92 Å². The predicted octanol–water partition coefficient (Wildman–Crippen LogP) is 1.36. The molecule has 3 unspecified atom stereocenters. The summed E-state index contributed by atoms with van der Waals surface area (Å²) in [6.45, 7) is 6.03. The van der Waals surface area contributed by atoms with Gasteiger partial charge in [-0.25, -0.2) is 0 Å². The lowest BCUT2D eigenvalue weighted by Crippen LogP contribution is -2.17. The van der Waals surface area contributed by atoms with E-state index in [9.17, 15) is 4.79 Å². The van der Waals surface area contributed by atoms with Crippen LogP contribution in [-0.2, 0) is 14.3 Å². The van der Waals surface area contributed by atoms with Crippen molar-refractivity contribution in [3.05, 3.63) is 0 Å². The molecule has 1 saturated heterocycles. The normalized spacial score (nSPS) is 35.1. The summed E-state index contributed by atoms with van der Waals surface area (Å²) in [6, 6.07) is 0. The zero-order chi connectivity index (χ0) is 9.14. The number of carbonyl (C=O) groups excluding carboxylic acids is 1. The zero-order valence-electron chi connectivity index (χ0n) is 7.87. The van der Waals surface area contributed by atoms with E-state index in [-0.39, 0.29) is 12.1 Å². The van der Waals surface area contributed by atoms with Crippen LogP contribution in [0.2, 0.25) is 0 Å². The van der Waals surface area contributed by atoms with Gasteiger partial charge in [0.1, 0.15) is 6.61 Å². The minimum Gasteiger partial charge on any atom is -0.463 e. The molecule has 0 aromatic heterocycles. The van der Waals surface area contributed by atoms with E-state index in [2.05, 4.69) is 13.8 Å². The van der Waals surface area contributed by atoms with E-state index in [1.807, 2.05) is 0 Å². The molecule has 0 radical (unpaired) electrons. The second kappa shape index (κ2) is 3.90. The Morgan fingerprint density at radius 2 is 2.25 bits per heavy atom. The van der Waals surface area contributed by atoms with Crippen LogP contribution in [0.1, 0.15) is 27.2 Å². The summed E-state index contributed by atoms with van der Waals surface area (Å²) in [7, 11) is 0. The molecular weight excluding hydrogens is 156 g/mol. The van der Waals surface area contributed by atoms with Crippen molar-refractivity contribution in [2.75, 3.05) is 6.61 Å². The van der Waals surface area contributed by atoms with Crippen LogP contribution in [0.15, 0.2) is 0 Å². The second-order valence-corrected chi connectivity index (χ2v) is 3.48. The molecule has 0 aliphatic carbocycles. The standard InChI is InChI=1S/C9H16O3/c1-6-4-9(12-7(6)2)5-11-8(3)10/h6-7,9H,4-5H2,1-3H3. The van der Waals surface area contributed by atoms with Crippen LogP contribution in [0.4, 0.5) is 0 Å². The lowest BCUT2D eigenvalue weighted by Gasteiger charge is -2.10. The zero-order valence-corrected chi connectivity index (χ0v) is 7.87. The van der Waals surface area contributed by atoms with Crippen LogP contribution in [0.3, 0.4) is 0 Å². The van der Waals surface area contributed by atoms with Gasteiger partial charge < -0.3 is 9.47 Å². The van der Waals surface area contributed by atoms with Crippen LogP contribution in [-0.4, -0.2) is 24.8 Å². The molecule has 0 amide bonds. The molecule has 3 atom stereocenters. The Morgan fingerprint density at radius 3 is 2.67 bits per heavy atom. The molecule has 1 fully saturated rings. The highest BCUT2D eigenvalue weighted by Gasteiger charge is 2.29. The maximum Gasteiger partial charge on any atom is 0.302 e. The molecule has 12 heavy (non-hydrogen) atoms. The molecule has 0 spiro atoms. The number of esters is 1. The molecule has 1 rings (SSSR count). The third-order valence-corrected chi connectivity index (χ3v) is 2.32. The Labute approximate surface area is 73.0 Å². The van der Waals surface area contributed by atoms with E-state index < -0.39 is 0 Å². The Bertz CT molecular complexity index is 157. The summed E-state index contributed by atoms with van der Waals surface area (Å²) in [5.41, 5.74) is 0. The number of ether oxygens (including phenoxy) is 2. The van der Waals surface area contributed by atoms with E-state index in [4.69, 9.17) is 9.47 Å². The molecule has 70 valence electrons. The van der Waals surface area contributed by atoms with Crippen molar-refractivity contribution in [3.8, 4) is 0 Å². The maximum atomic E-state index is 10.5. The van der Waals surface area contributed by atoms with Gasteiger partial charge in [-0.05, 0) is 19.3 Å². The molecule has 3 heteroatoms. The molecule has 0 N–H and O–H groups in total. The van der Waals surface area contributed by atoms with Crippen LogP contribution in [0.5, 0.6) is 0 Å². The van der Waals surface area contributed by atoms with Gasteiger partial charge in [0, 0.05) is 6.92 Å². The van der Waals surface area contributed by atoms with Crippen molar-refractivity contribution in [2.45, 2.75) is 39.4 Å². The number of carbonyl (C=O) groups is 1. The number of hydrogen-bond acceptors (Lipinski definition) is 3. The van der Waals surface area contributed by atoms with Gasteiger partial charge >= 0.3 is 5.97 Å². The minimum atomic E-state index is -0.231. The summed E-state index contributed by atoms with van der Waals surface area (Å²) >= 11 is 0. The molecule has 0 aromatic rings. The third kappa shape index (κ3) is 2.48. The van der Waals surface area contributed by atoms with Crippen LogP contribution in [0.25, 0.3) is 0 Å². The molecule has 0 bridgehead atoms. The van der Waals surface area contributed by atoms with E-state index >= 15 is 0 Å². The van der Waals surface area contributed by atoms with Crippen LogP contribution < -0.4 is 0 Å². The first kappa shape index (κ1) is 9.52. The highest BCUT2D eigenvalue weighted by Crippen LogP contribution is 2.25. The monoisotopic (exact) mass is 172 g/mol. The SMILES string of the molecule is CC(=O)OCC1CC(C)C(C)O1. The first-order chi connectivity index (χ1) is 5.59. The maximum absolute atomic E-state index is 10.5. The van der Waals surface area contributed by atoms with Gasteiger partial charge in [-0.15, -0.1) is 0 Å². The molecule has 0 saturated carbocycles. The lowest BCUT2D eigenvalue weighted by molar-refractivity contribution is -0.144. The van der Waals surface area contributed by atoms with Crippen molar-refractivity contribution in [1.82, 2.24) is 0 Å². The largest absolute Gasteiger partial charge is 0.463 e. The fourth-order valence-corrected chi connectivity index (χ4v) is 1.42. The Hall–Kier alpha value is -0.570. The van der Waals surface area contributed by atoms with E-state index in [0.717, 1.165) is 6.42 Å². The highest BCUT2D eigenvalue weighted by atomic mass is 16.6. The van der Waals surface area contributed by atoms with Gasteiger partial charge in [-0.2, -0.15) is 0 Å². The summed E-state index contributed by atoms with van der Waals surface area (Å²) < 4.78 is 10.4. The van der Waals surface area contributed by atoms with Crippen molar-refractivity contribution in [3.63, 3.8) is 0 Å². The van der Waals surface area contributed by atoms with Gasteiger partial charge in [-0.1, -0.05) is 6.92 Å². The first-order valence-corrected chi connectivity index (χ1v) is 4.38. The van der Waals surface area contributed by atoms with Crippen LogP contribution >= 0.6 is 0 Å². The quantitative estimate of drug-likeness (QED) is 0.590. The summed E-state index contributed by atoms with van der Waals surface area (Å²) in [6.07, 6.45) is 1.40. The fraction of sp³-hybridized carbons (Fsp3) is 0.889. The van der Waals surface area contributed by atoms with Gasteiger partial charge in [0.15, 0.2) is 0 Å². The molecular formula is C9H16O3. The molecule has 3 nitrogen and oxygen atoms in total. The molecule has 1 heterocycles. The average molecular weight is 172 g/mol. The van der Waals surface area contributed by atoms with Gasteiger partial charge in [-0.3, -0.25) is 4.79 Å². The Morgan fingerprint density at radius 1 is 1.58 bits per heavy atom. The summed E-state index contributed by atoms with van der Waals surface area (Å²) in [5, 5.41) is 0. The Balaban J connectivity index is 2.23. The molecule has 1 aliphatic rings. The molecule has 1 aliphatic heterocycles. The van der Waals surface area contributed by atoms with Crippen molar-refractivity contribution in [1.29, 1.82) is 0 Å². The lowest BCUT2D eigenvalue weighted by atomic mass is 10.0. The predicted molar refractivity (Wildman–Crippen MR) is 44.7 cm³/mol. The summed E-state index contributed by atoms with van der Waals surface area (Å²) in [4.78, 5) is 10.5. The van der Waals surface area contributed by atoms with Gasteiger partial charge in [0.2, 0.25) is 0 Å². The first-order valence-electron chi connectivity index (χ1n) is 4.38. The van der Waals surface area contributed by atoms with Gasteiger partial charge in [0.05, 0.1) is 12.2 Å².